The van der Waals surface area contributed by atoms with Crippen LogP contribution in [0.3, 0.4) is 0 Å². The van der Waals surface area contributed by atoms with Gasteiger partial charge in [0.1, 0.15) is 9.47 Å². The van der Waals surface area contributed by atoms with Crippen LogP contribution in [0.1, 0.15) is 22.4 Å². The Morgan fingerprint density at radius 3 is 2.73 bits per heavy atom. The highest BCUT2D eigenvalue weighted by Gasteiger charge is 2.31. The standard InChI is InChI=1S/C19H18ClN3OS2/c1-5-8-22-18(24)16(26-19(22)25)10-14-13(4)21-23(17(14)20)15-7-6-11(2)9-12(15)3/h5-7,9-10H,1,8H2,2-4H3/b16-10-. The predicted octanol–water partition coefficient (Wildman–Crippen LogP) is 4.84. The second-order valence-electron chi connectivity index (χ2n) is 6.07. The van der Waals surface area contributed by atoms with Gasteiger partial charge in [-0.25, -0.2) is 4.68 Å². The Labute approximate surface area is 167 Å². The molecular formula is C19H18ClN3OS2. The molecule has 0 atom stereocenters. The van der Waals surface area contributed by atoms with Gasteiger partial charge in [-0.3, -0.25) is 9.69 Å². The van der Waals surface area contributed by atoms with Crippen LogP contribution in [0.4, 0.5) is 0 Å². The molecule has 26 heavy (non-hydrogen) atoms. The number of halogens is 1. The molecule has 1 aliphatic rings. The molecule has 0 spiro atoms. The topological polar surface area (TPSA) is 38.1 Å². The lowest BCUT2D eigenvalue weighted by atomic mass is 10.1. The van der Waals surface area contributed by atoms with Crippen molar-refractivity contribution >= 4 is 51.9 Å². The molecule has 4 nitrogen and oxygen atoms in total. The summed E-state index contributed by atoms with van der Waals surface area (Å²) < 4.78 is 2.24. The molecule has 0 bridgehead atoms. The van der Waals surface area contributed by atoms with E-state index in [0.717, 1.165) is 22.5 Å². The molecule has 3 rings (SSSR count). The fourth-order valence-electron chi connectivity index (χ4n) is 2.80. The van der Waals surface area contributed by atoms with Gasteiger partial charge < -0.3 is 0 Å². The van der Waals surface area contributed by atoms with Gasteiger partial charge in [0.15, 0.2) is 0 Å². The van der Waals surface area contributed by atoms with Crippen LogP contribution in [-0.2, 0) is 4.79 Å². The maximum atomic E-state index is 12.5. The van der Waals surface area contributed by atoms with Crippen LogP contribution in [0.15, 0.2) is 35.8 Å². The van der Waals surface area contributed by atoms with Crippen molar-refractivity contribution in [2.24, 2.45) is 0 Å². The largest absolute Gasteiger partial charge is 0.289 e. The monoisotopic (exact) mass is 403 g/mol. The van der Waals surface area contributed by atoms with Crippen molar-refractivity contribution < 1.29 is 4.79 Å². The molecular weight excluding hydrogens is 386 g/mol. The molecule has 1 saturated heterocycles. The highest BCUT2D eigenvalue weighted by molar-refractivity contribution is 8.26. The Balaban J connectivity index is 2.03. The van der Waals surface area contributed by atoms with E-state index in [1.165, 1.54) is 22.2 Å². The summed E-state index contributed by atoms with van der Waals surface area (Å²) in [4.78, 5) is 14.6. The molecule has 2 aromatic rings. The number of thioether (sulfide) groups is 1. The number of hydrogen-bond donors (Lipinski definition) is 0. The molecule has 1 fully saturated rings. The lowest BCUT2D eigenvalue weighted by Crippen LogP contribution is -2.27. The van der Waals surface area contributed by atoms with Crippen molar-refractivity contribution in [2.45, 2.75) is 20.8 Å². The Morgan fingerprint density at radius 1 is 1.35 bits per heavy atom. The fourth-order valence-corrected chi connectivity index (χ4v) is 4.37. The van der Waals surface area contributed by atoms with Crippen LogP contribution >= 0.6 is 35.6 Å². The van der Waals surface area contributed by atoms with E-state index in [9.17, 15) is 4.79 Å². The summed E-state index contributed by atoms with van der Waals surface area (Å²) in [5.41, 5.74) is 4.66. The van der Waals surface area contributed by atoms with Crippen LogP contribution in [0, 0.1) is 20.8 Å². The van der Waals surface area contributed by atoms with E-state index >= 15 is 0 Å². The molecule has 1 aromatic carbocycles. The second kappa shape index (κ2) is 7.39. The predicted molar refractivity (Wildman–Crippen MR) is 113 cm³/mol. The van der Waals surface area contributed by atoms with Crippen molar-refractivity contribution in [3.8, 4) is 5.69 Å². The number of hydrogen-bond acceptors (Lipinski definition) is 4. The van der Waals surface area contributed by atoms with Crippen LogP contribution in [0.25, 0.3) is 11.8 Å². The third-order valence-corrected chi connectivity index (χ3v) is 5.83. The number of amides is 1. The normalized spacial score (nSPS) is 16.0. The molecule has 0 N–H and O–H groups in total. The van der Waals surface area contributed by atoms with Crippen LogP contribution in [-0.4, -0.2) is 31.5 Å². The van der Waals surface area contributed by atoms with E-state index in [4.69, 9.17) is 23.8 Å². The van der Waals surface area contributed by atoms with Gasteiger partial charge in [0.25, 0.3) is 5.91 Å². The van der Waals surface area contributed by atoms with Gasteiger partial charge >= 0.3 is 0 Å². The number of benzene rings is 1. The van der Waals surface area contributed by atoms with Gasteiger partial charge in [0.05, 0.1) is 16.3 Å². The minimum atomic E-state index is -0.130. The SMILES string of the molecule is C=CCN1C(=O)/C(=C/c2c(C)nn(-c3ccc(C)cc3C)c2Cl)SC1=S. The molecule has 0 saturated carbocycles. The molecule has 1 aliphatic heterocycles. The van der Waals surface area contributed by atoms with E-state index in [1.807, 2.05) is 32.9 Å². The van der Waals surface area contributed by atoms with E-state index in [-0.39, 0.29) is 5.91 Å². The molecule has 1 amide bonds. The van der Waals surface area contributed by atoms with Crippen molar-refractivity contribution in [1.82, 2.24) is 14.7 Å². The molecule has 7 heteroatoms. The van der Waals surface area contributed by atoms with Crippen LogP contribution in [0.5, 0.6) is 0 Å². The highest BCUT2D eigenvalue weighted by atomic mass is 35.5. The second-order valence-corrected chi connectivity index (χ2v) is 8.11. The Hall–Kier alpha value is -1.89. The minimum Gasteiger partial charge on any atom is -0.289 e. The Morgan fingerprint density at radius 2 is 2.08 bits per heavy atom. The summed E-state index contributed by atoms with van der Waals surface area (Å²) in [5, 5.41) is 5.04. The van der Waals surface area contributed by atoms with Gasteiger partial charge in [-0.15, -0.1) is 6.58 Å². The summed E-state index contributed by atoms with van der Waals surface area (Å²) >= 11 is 13.2. The van der Waals surface area contributed by atoms with Gasteiger partial charge in [-0.2, -0.15) is 5.10 Å². The fraction of sp³-hybridized carbons (Fsp3) is 0.211. The molecule has 0 radical (unpaired) electrons. The van der Waals surface area contributed by atoms with Gasteiger partial charge in [0.2, 0.25) is 0 Å². The van der Waals surface area contributed by atoms with E-state index in [2.05, 4.69) is 17.7 Å². The number of carbonyl (C=O) groups excluding carboxylic acids is 1. The number of carbonyl (C=O) groups is 1. The first kappa shape index (κ1) is 18.9. The van der Waals surface area contributed by atoms with E-state index in [1.54, 1.807) is 16.8 Å². The van der Waals surface area contributed by atoms with Crippen molar-refractivity contribution in [2.75, 3.05) is 6.54 Å². The van der Waals surface area contributed by atoms with E-state index < -0.39 is 0 Å². The summed E-state index contributed by atoms with van der Waals surface area (Å²) in [6.45, 7) is 10.0. The van der Waals surface area contributed by atoms with Gasteiger partial charge in [-0.05, 0) is 38.5 Å². The first-order valence-corrected chi connectivity index (χ1v) is 9.62. The molecule has 1 aromatic heterocycles. The third-order valence-electron chi connectivity index (χ3n) is 4.09. The zero-order valence-electron chi connectivity index (χ0n) is 14.7. The molecule has 0 aliphatic carbocycles. The van der Waals surface area contributed by atoms with Crippen molar-refractivity contribution in [3.05, 3.63) is 63.3 Å². The molecule has 0 unspecified atom stereocenters. The van der Waals surface area contributed by atoms with Gasteiger partial charge in [0, 0.05) is 12.1 Å². The number of thiocarbonyl (C=S) groups is 1. The number of aromatic nitrogens is 2. The smallest absolute Gasteiger partial charge is 0.266 e. The summed E-state index contributed by atoms with van der Waals surface area (Å²) in [6.07, 6.45) is 3.43. The van der Waals surface area contributed by atoms with Crippen LogP contribution in [0.2, 0.25) is 5.15 Å². The van der Waals surface area contributed by atoms with Crippen LogP contribution < -0.4 is 0 Å². The maximum absolute atomic E-state index is 12.5. The minimum absolute atomic E-state index is 0.130. The molecule has 134 valence electrons. The number of aryl methyl sites for hydroxylation is 3. The average molecular weight is 404 g/mol. The Kier molecular flexibility index (Phi) is 5.37. The Bertz CT molecular complexity index is 962. The van der Waals surface area contributed by atoms with Crippen molar-refractivity contribution in [1.29, 1.82) is 0 Å². The average Bonchev–Trinajstić information content (AvgIpc) is 3.00. The summed E-state index contributed by atoms with van der Waals surface area (Å²) in [6, 6.07) is 6.11. The first-order chi connectivity index (χ1) is 12.3. The quantitative estimate of drug-likeness (QED) is 0.416. The lowest BCUT2D eigenvalue weighted by molar-refractivity contribution is -0.121. The number of rotatable bonds is 4. The molecule has 2 heterocycles. The number of nitrogens with zero attached hydrogens (tertiary/aromatic N) is 3. The zero-order valence-corrected chi connectivity index (χ0v) is 17.1. The third kappa shape index (κ3) is 3.37. The van der Waals surface area contributed by atoms with E-state index in [0.29, 0.717) is 20.9 Å². The summed E-state index contributed by atoms with van der Waals surface area (Å²) in [7, 11) is 0. The maximum Gasteiger partial charge on any atom is 0.266 e. The first-order valence-electron chi connectivity index (χ1n) is 8.02. The van der Waals surface area contributed by atoms with Crippen molar-refractivity contribution in [3.63, 3.8) is 0 Å². The lowest BCUT2D eigenvalue weighted by Gasteiger charge is -2.10. The summed E-state index contributed by atoms with van der Waals surface area (Å²) in [5.74, 6) is -0.130. The highest BCUT2D eigenvalue weighted by Crippen LogP contribution is 2.35. The van der Waals surface area contributed by atoms with Gasteiger partial charge in [-0.1, -0.05) is 59.4 Å². The zero-order chi connectivity index (χ0) is 19.0.